The van der Waals surface area contributed by atoms with Gasteiger partial charge in [-0.15, -0.1) is 0 Å². The molecule has 196 valence electrons. The molecule has 3 aromatic rings. The number of aryl methyl sites for hydroxylation is 2. The van der Waals surface area contributed by atoms with Crippen molar-refractivity contribution in [3.05, 3.63) is 82.9 Å². The van der Waals surface area contributed by atoms with E-state index < -0.39 is 10.0 Å². The molecule has 2 unspecified atom stereocenters. The summed E-state index contributed by atoms with van der Waals surface area (Å²) < 4.78 is 41.6. The maximum atomic E-state index is 13.2. The SMILES string of the molecule is COC1CN(C(=O)c2cc(C)ccc2C)CC1Oc1cccc(CS(=O)(=O)N2CCn3ccnc3C2)c1. The number of likely N-dealkylation sites (tertiary alicyclic amines) is 1. The highest BCUT2D eigenvalue weighted by molar-refractivity contribution is 7.88. The first-order chi connectivity index (χ1) is 17.7. The summed E-state index contributed by atoms with van der Waals surface area (Å²) in [6, 6.07) is 13.0. The van der Waals surface area contributed by atoms with Crippen LogP contribution < -0.4 is 4.74 Å². The number of amides is 1. The van der Waals surface area contributed by atoms with E-state index in [1.807, 2.05) is 42.8 Å². The van der Waals surface area contributed by atoms with Crippen LogP contribution in [0.4, 0.5) is 0 Å². The predicted octanol–water partition coefficient (Wildman–Crippen LogP) is 2.76. The van der Waals surface area contributed by atoms with E-state index in [1.165, 1.54) is 4.31 Å². The molecule has 2 aromatic carbocycles. The Labute approximate surface area is 217 Å². The van der Waals surface area contributed by atoms with Crippen LogP contribution in [0.25, 0.3) is 0 Å². The van der Waals surface area contributed by atoms with E-state index in [0.717, 1.165) is 17.0 Å². The number of carbonyl (C=O) groups excluding carboxylic acids is 1. The van der Waals surface area contributed by atoms with Crippen molar-refractivity contribution in [1.29, 1.82) is 0 Å². The van der Waals surface area contributed by atoms with Gasteiger partial charge in [-0.1, -0.05) is 29.8 Å². The number of fused-ring (bicyclic) bond motifs is 1. The number of ether oxygens (including phenoxy) is 2. The average Bonchev–Trinajstić information content (AvgIpc) is 3.51. The van der Waals surface area contributed by atoms with Gasteiger partial charge < -0.3 is 18.9 Å². The van der Waals surface area contributed by atoms with E-state index in [4.69, 9.17) is 9.47 Å². The lowest BCUT2D eigenvalue weighted by atomic mass is 10.0. The van der Waals surface area contributed by atoms with Crippen LogP contribution in [0, 0.1) is 13.8 Å². The molecule has 2 aliphatic rings. The fourth-order valence-electron chi connectivity index (χ4n) is 4.96. The van der Waals surface area contributed by atoms with Crippen LogP contribution in [0.5, 0.6) is 5.75 Å². The van der Waals surface area contributed by atoms with E-state index in [9.17, 15) is 13.2 Å². The van der Waals surface area contributed by atoms with Gasteiger partial charge >= 0.3 is 0 Å². The largest absolute Gasteiger partial charge is 0.486 e. The fourth-order valence-corrected chi connectivity index (χ4v) is 6.42. The molecule has 0 bridgehead atoms. The highest BCUT2D eigenvalue weighted by Crippen LogP contribution is 2.25. The van der Waals surface area contributed by atoms with Crippen molar-refractivity contribution in [3.63, 3.8) is 0 Å². The number of carbonyl (C=O) groups is 1. The Bertz CT molecular complexity index is 1400. The monoisotopic (exact) mass is 524 g/mol. The molecule has 2 aliphatic heterocycles. The van der Waals surface area contributed by atoms with E-state index >= 15 is 0 Å². The van der Waals surface area contributed by atoms with Gasteiger partial charge in [-0.3, -0.25) is 4.79 Å². The lowest BCUT2D eigenvalue weighted by molar-refractivity contribution is 0.0339. The minimum absolute atomic E-state index is 0.0450. The molecule has 1 aromatic heterocycles. The number of benzene rings is 2. The standard InChI is InChI=1S/C27H32N4O5S/c1-19-7-8-20(2)23(13-19)27(32)30-15-24(35-3)25(16-30)36-22-6-4-5-21(14-22)18-37(33,34)31-12-11-29-10-9-28-26(29)17-31/h4-10,13-14,24-25H,11-12,15-18H2,1-3H3. The Balaban J connectivity index is 1.26. The molecule has 9 nitrogen and oxygen atoms in total. The number of imidazole rings is 1. The van der Waals surface area contributed by atoms with Gasteiger partial charge in [-0.05, 0) is 43.2 Å². The molecule has 0 aliphatic carbocycles. The lowest BCUT2D eigenvalue weighted by Gasteiger charge is -2.27. The van der Waals surface area contributed by atoms with E-state index in [-0.39, 0.29) is 30.4 Å². The van der Waals surface area contributed by atoms with Gasteiger partial charge in [0.1, 0.15) is 23.8 Å². The highest BCUT2D eigenvalue weighted by atomic mass is 32.2. The number of hydrogen-bond donors (Lipinski definition) is 0. The van der Waals surface area contributed by atoms with Crippen molar-refractivity contribution in [3.8, 4) is 5.75 Å². The molecule has 0 spiro atoms. The first-order valence-electron chi connectivity index (χ1n) is 12.4. The van der Waals surface area contributed by atoms with Crippen LogP contribution in [-0.2, 0) is 33.6 Å². The first-order valence-corrected chi connectivity index (χ1v) is 14.0. The third-order valence-corrected chi connectivity index (χ3v) is 8.86. The van der Waals surface area contributed by atoms with Crippen LogP contribution in [-0.4, -0.2) is 72.0 Å². The van der Waals surface area contributed by atoms with Crippen molar-refractivity contribution >= 4 is 15.9 Å². The lowest BCUT2D eigenvalue weighted by Crippen LogP contribution is -2.38. The summed E-state index contributed by atoms with van der Waals surface area (Å²) in [4.78, 5) is 19.3. The molecule has 0 saturated carbocycles. The third kappa shape index (κ3) is 5.41. The Morgan fingerprint density at radius 2 is 1.89 bits per heavy atom. The number of methoxy groups -OCH3 is 1. The Kier molecular flexibility index (Phi) is 7.06. The van der Waals surface area contributed by atoms with Crippen molar-refractivity contribution in [1.82, 2.24) is 18.8 Å². The van der Waals surface area contributed by atoms with Gasteiger partial charge in [-0.2, -0.15) is 4.31 Å². The molecule has 1 saturated heterocycles. The van der Waals surface area contributed by atoms with Gasteiger partial charge in [0.25, 0.3) is 5.91 Å². The third-order valence-electron chi connectivity index (χ3n) is 7.07. The fraction of sp³-hybridized carbons (Fsp3) is 0.407. The van der Waals surface area contributed by atoms with Gasteiger partial charge in [0, 0.05) is 38.2 Å². The topological polar surface area (TPSA) is 94.0 Å². The maximum Gasteiger partial charge on any atom is 0.254 e. The van der Waals surface area contributed by atoms with E-state index in [2.05, 4.69) is 4.98 Å². The van der Waals surface area contributed by atoms with Gasteiger partial charge in [-0.25, -0.2) is 13.4 Å². The van der Waals surface area contributed by atoms with E-state index in [1.54, 1.807) is 42.5 Å². The highest BCUT2D eigenvalue weighted by Gasteiger charge is 2.38. The first kappa shape index (κ1) is 25.4. The van der Waals surface area contributed by atoms with Gasteiger partial charge in [0.05, 0.1) is 25.4 Å². The summed E-state index contributed by atoms with van der Waals surface area (Å²) in [5, 5.41) is 0. The molecule has 3 heterocycles. The van der Waals surface area contributed by atoms with Crippen LogP contribution in [0.3, 0.4) is 0 Å². The molecule has 5 rings (SSSR count). The molecule has 37 heavy (non-hydrogen) atoms. The number of hydrogen-bond acceptors (Lipinski definition) is 6. The summed E-state index contributed by atoms with van der Waals surface area (Å²) in [5.41, 5.74) is 3.29. The summed E-state index contributed by atoms with van der Waals surface area (Å²) in [6.45, 7) is 5.99. The summed E-state index contributed by atoms with van der Waals surface area (Å²) in [5.74, 6) is 1.13. The average molecular weight is 525 g/mol. The summed E-state index contributed by atoms with van der Waals surface area (Å²) in [7, 11) is -1.92. The van der Waals surface area contributed by atoms with E-state index in [0.29, 0.717) is 43.1 Å². The van der Waals surface area contributed by atoms with Crippen molar-refractivity contribution in [2.75, 3.05) is 26.7 Å². The molecule has 0 N–H and O–H groups in total. The molecule has 0 radical (unpaired) electrons. The normalized spacial score (nSPS) is 20.1. The Hall–Kier alpha value is -3.21. The molecular weight excluding hydrogens is 492 g/mol. The second kappa shape index (κ2) is 10.3. The van der Waals surface area contributed by atoms with Crippen LogP contribution in [0.1, 0.15) is 32.9 Å². The molecule has 2 atom stereocenters. The second-order valence-corrected chi connectivity index (χ2v) is 11.7. The van der Waals surface area contributed by atoms with Crippen molar-refractivity contribution in [2.24, 2.45) is 0 Å². The summed E-state index contributed by atoms with van der Waals surface area (Å²) in [6.07, 6.45) is 2.90. The maximum absolute atomic E-state index is 13.2. The zero-order valence-electron chi connectivity index (χ0n) is 21.3. The predicted molar refractivity (Wildman–Crippen MR) is 139 cm³/mol. The molecule has 1 amide bonds. The minimum Gasteiger partial charge on any atom is -0.486 e. The Morgan fingerprint density at radius 3 is 2.70 bits per heavy atom. The van der Waals surface area contributed by atoms with Crippen LogP contribution in [0.2, 0.25) is 0 Å². The number of nitrogens with zero attached hydrogens (tertiary/aromatic N) is 4. The van der Waals surface area contributed by atoms with Gasteiger partial charge in [0.2, 0.25) is 10.0 Å². The quantitative estimate of drug-likeness (QED) is 0.472. The number of rotatable bonds is 7. The van der Waals surface area contributed by atoms with Crippen molar-refractivity contribution in [2.45, 2.75) is 44.9 Å². The van der Waals surface area contributed by atoms with Crippen molar-refractivity contribution < 1.29 is 22.7 Å². The van der Waals surface area contributed by atoms with Crippen LogP contribution >= 0.6 is 0 Å². The zero-order valence-corrected chi connectivity index (χ0v) is 22.1. The molecular formula is C27H32N4O5S. The molecule has 10 heteroatoms. The zero-order chi connectivity index (χ0) is 26.2. The number of aromatic nitrogens is 2. The molecule has 1 fully saturated rings. The second-order valence-electron chi connectivity index (χ2n) is 9.73. The minimum atomic E-state index is -3.53. The Morgan fingerprint density at radius 1 is 1.08 bits per heavy atom. The number of sulfonamides is 1. The van der Waals surface area contributed by atoms with Gasteiger partial charge in [0.15, 0.2) is 0 Å². The van der Waals surface area contributed by atoms with Crippen LogP contribution in [0.15, 0.2) is 54.9 Å². The smallest absolute Gasteiger partial charge is 0.254 e. The summed E-state index contributed by atoms with van der Waals surface area (Å²) >= 11 is 0.